The molecule has 6 heteroatoms. The van der Waals surface area contributed by atoms with Crippen molar-refractivity contribution >= 4 is 11.9 Å². The number of allylic oxidation sites excluding steroid dienone is 1. The van der Waals surface area contributed by atoms with Crippen LogP contribution in [0.2, 0.25) is 0 Å². The van der Waals surface area contributed by atoms with E-state index in [0.29, 0.717) is 17.1 Å². The summed E-state index contributed by atoms with van der Waals surface area (Å²) in [6, 6.07) is 9.45. The molecule has 1 aliphatic heterocycles. The molecule has 2 aromatic carbocycles. The van der Waals surface area contributed by atoms with Crippen LogP contribution in [0, 0.1) is 0 Å². The molecule has 0 radical (unpaired) electrons. The minimum absolute atomic E-state index is 0.0208. The second-order valence-electron chi connectivity index (χ2n) is 4.93. The molecule has 1 heterocycles. The van der Waals surface area contributed by atoms with Gasteiger partial charge in [0.05, 0.1) is 18.2 Å². The van der Waals surface area contributed by atoms with Gasteiger partial charge in [0.1, 0.15) is 11.5 Å². The first-order valence-corrected chi connectivity index (χ1v) is 6.68. The molecule has 0 N–H and O–H groups in total. The number of ketones is 1. The number of halogens is 3. The maximum atomic E-state index is 12.7. The van der Waals surface area contributed by atoms with Crippen molar-refractivity contribution < 1.29 is 27.4 Å². The lowest BCUT2D eigenvalue weighted by molar-refractivity contribution is -0.137. The van der Waals surface area contributed by atoms with Gasteiger partial charge in [-0.3, -0.25) is 4.79 Å². The maximum Gasteiger partial charge on any atom is 0.416 e. The van der Waals surface area contributed by atoms with Crippen molar-refractivity contribution in [1.29, 1.82) is 0 Å². The number of methoxy groups -OCH3 is 1. The number of benzene rings is 2. The summed E-state index contributed by atoms with van der Waals surface area (Å²) in [5.41, 5.74) is -0.220. The molecular weight excluding hydrogens is 309 g/mol. The molecule has 118 valence electrons. The van der Waals surface area contributed by atoms with E-state index >= 15 is 0 Å². The molecule has 0 saturated carbocycles. The summed E-state index contributed by atoms with van der Waals surface area (Å²) in [6.07, 6.45) is -3.14. The Bertz CT molecular complexity index is 807. The number of ether oxygens (including phenoxy) is 2. The summed E-state index contributed by atoms with van der Waals surface area (Å²) in [5, 5.41) is 0. The number of carbonyl (C=O) groups excluding carboxylic acids is 1. The largest absolute Gasteiger partial charge is 0.497 e. The van der Waals surface area contributed by atoms with Gasteiger partial charge in [-0.05, 0) is 42.0 Å². The van der Waals surface area contributed by atoms with Crippen LogP contribution in [0.5, 0.6) is 11.5 Å². The van der Waals surface area contributed by atoms with Crippen LogP contribution in [0.3, 0.4) is 0 Å². The Kier molecular flexibility index (Phi) is 3.60. The van der Waals surface area contributed by atoms with Gasteiger partial charge in [0.15, 0.2) is 5.76 Å². The Labute approximate surface area is 130 Å². The molecule has 0 bridgehead atoms. The first kappa shape index (κ1) is 15.1. The second-order valence-corrected chi connectivity index (χ2v) is 4.93. The minimum Gasteiger partial charge on any atom is -0.497 e. The summed E-state index contributed by atoms with van der Waals surface area (Å²) >= 11 is 0. The Hall–Kier alpha value is -2.76. The molecule has 1 aliphatic rings. The van der Waals surface area contributed by atoms with Gasteiger partial charge in [-0.25, -0.2) is 0 Å². The Morgan fingerprint density at radius 3 is 2.61 bits per heavy atom. The van der Waals surface area contributed by atoms with Crippen molar-refractivity contribution in [2.75, 3.05) is 7.11 Å². The van der Waals surface area contributed by atoms with Gasteiger partial charge in [-0.15, -0.1) is 0 Å². The van der Waals surface area contributed by atoms with Crippen LogP contribution < -0.4 is 9.47 Å². The molecule has 0 fully saturated rings. The fourth-order valence-electron chi connectivity index (χ4n) is 2.25. The quantitative estimate of drug-likeness (QED) is 0.773. The van der Waals surface area contributed by atoms with Gasteiger partial charge >= 0.3 is 6.18 Å². The van der Waals surface area contributed by atoms with Crippen LogP contribution in [0.25, 0.3) is 6.08 Å². The molecule has 0 atom stereocenters. The lowest BCUT2D eigenvalue weighted by Gasteiger charge is -2.07. The molecule has 2 aromatic rings. The van der Waals surface area contributed by atoms with E-state index < -0.39 is 17.5 Å². The Morgan fingerprint density at radius 2 is 1.91 bits per heavy atom. The molecule has 0 saturated heterocycles. The minimum atomic E-state index is -4.44. The van der Waals surface area contributed by atoms with Crippen molar-refractivity contribution in [1.82, 2.24) is 0 Å². The van der Waals surface area contributed by atoms with Gasteiger partial charge in [0, 0.05) is 0 Å². The van der Waals surface area contributed by atoms with Crippen molar-refractivity contribution in [3.63, 3.8) is 0 Å². The molecule has 0 aliphatic carbocycles. The SMILES string of the molecule is COc1ccc2c(c1)C(=O)/C(=C\c1cccc(C(F)(F)F)c1)O2. The summed E-state index contributed by atoms with van der Waals surface area (Å²) in [4.78, 5) is 12.3. The molecule has 0 unspecified atom stereocenters. The summed E-state index contributed by atoms with van der Waals surface area (Å²) in [6.45, 7) is 0. The highest BCUT2D eigenvalue weighted by atomic mass is 19.4. The van der Waals surface area contributed by atoms with E-state index in [1.807, 2.05) is 0 Å². The zero-order valence-corrected chi connectivity index (χ0v) is 12.0. The molecule has 0 aromatic heterocycles. The van der Waals surface area contributed by atoms with Crippen LogP contribution >= 0.6 is 0 Å². The van der Waals surface area contributed by atoms with E-state index in [0.717, 1.165) is 12.1 Å². The maximum absolute atomic E-state index is 12.7. The zero-order chi connectivity index (χ0) is 16.6. The van der Waals surface area contributed by atoms with Gasteiger partial charge < -0.3 is 9.47 Å². The van der Waals surface area contributed by atoms with Crippen LogP contribution in [0.15, 0.2) is 48.2 Å². The third-order valence-corrected chi connectivity index (χ3v) is 3.39. The van der Waals surface area contributed by atoms with Crippen LogP contribution in [-0.4, -0.2) is 12.9 Å². The van der Waals surface area contributed by atoms with E-state index in [4.69, 9.17) is 9.47 Å². The molecular formula is C17H11F3O3. The lowest BCUT2D eigenvalue weighted by Crippen LogP contribution is -2.05. The second kappa shape index (κ2) is 5.46. The first-order chi connectivity index (χ1) is 10.9. The van der Waals surface area contributed by atoms with Gasteiger partial charge in [-0.2, -0.15) is 13.2 Å². The van der Waals surface area contributed by atoms with E-state index in [-0.39, 0.29) is 11.3 Å². The molecule has 0 amide bonds. The average molecular weight is 320 g/mol. The van der Waals surface area contributed by atoms with Gasteiger partial charge in [0.25, 0.3) is 0 Å². The first-order valence-electron chi connectivity index (χ1n) is 6.68. The molecule has 3 rings (SSSR count). The number of Topliss-reactive ketones (excluding diaryl/α,β-unsaturated/α-hetero) is 1. The average Bonchev–Trinajstić information content (AvgIpc) is 2.82. The predicted octanol–water partition coefficient (Wildman–Crippen LogP) is 4.33. The number of fused-ring (bicyclic) bond motifs is 1. The smallest absolute Gasteiger partial charge is 0.416 e. The third-order valence-electron chi connectivity index (χ3n) is 3.39. The topological polar surface area (TPSA) is 35.5 Å². The summed E-state index contributed by atoms with van der Waals surface area (Å²) in [7, 11) is 1.47. The number of carbonyl (C=O) groups is 1. The van der Waals surface area contributed by atoms with E-state index in [9.17, 15) is 18.0 Å². The third kappa shape index (κ3) is 2.92. The van der Waals surface area contributed by atoms with E-state index in [1.165, 1.54) is 31.4 Å². The van der Waals surface area contributed by atoms with E-state index in [1.54, 1.807) is 12.1 Å². The normalized spacial score (nSPS) is 15.5. The summed E-state index contributed by atoms with van der Waals surface area (Å²) in [5.74, 6) is 0.443. The number of hydrogen-bond donors (Lipinski definition) is 0. The molecule has 23 heavy (non-hydrogen) atoms. The highest BCUT2D eigenvalue weighted by Crippen LogP contribution is 2.35. The van der Waals surface area contributed by atoms with Crippen molar-refractivity contribution in [3.05, 3.63) is 64.9 Å². The molecule has 3 nitrogen and oxygen atoms in total. The van der Waals surface area contributed by atoms with Crippen molar-refractivity contribution in [2.45, 2.75) is 6.18 Å². The fourth-order valence-corrected chi connectivity index (χ4v) is 2.25. The number of alkyl halides is 3. The predicted molar refractivity (Wildman–Crippen MR) is 77.4 cm³/mol. The lowest BCUT2D eigenvalue weighted by atomic mass is 10.1. The standard InChI is InChI=1S/C17H11F3O3/c1-22-12-5-6-14-13(9-12)16(21)15(23-14)8-10-3-2-4-11(7-10)17(18,19)20/h2-9H,1H3/b15-8+. The van der Waals surface area contributed by atoms with Crippen LogP contribution in [-0.2, 0) is 6.18 Å². The highest BCUT2D eigenvalue weighted by molar-refractivity contribution is 6.14. The zero-order valence-electron chi connectivity index (χ0n) is 12.0. The Balaban J connectivity index is 1.95. The number of hydrogen-bond acceptors (Lipinski definition) is 3. The summed E-state index contributed by atoms with van der Waals surface area (Å²) < 4.78 is 48.6. The van der Waals surface area contributed by atoms with Crippen LogP contribution in [0.1, 0.15) is 21.5 Å². The van der Waals surface area contributed by atoms with E-state index in [2.05, 4.69) is 0 Å². The Morgan fingerprint density at radius 1 is 1.13 bits per heavy atom. The number of rotatable bonds is 2. The van der Waals surface area contributed by atoms with Gasteiger partial charge in [0.2, 0.25) is 5.78 Å². The van der Waals surface area contributed by atoms with Crippen molar-refractivity contribution in [3.8, 4) is 11.5 Å². The van der Waals surface area contributed by atoms with Crippen LogP contribution in [0.4, 0.5) is 13.2 Å². The van der Waals surface area contributed by atoms with Crippen molar-refractivity contribution in [2.24, 2.45) is 0 Å². The fraction of sp³-hybridized carbons (Fsp3) is 0.118. The monoisotopic (exact) mass is 320 g/mol. The highest BCUT2D eigenvalue weighted by Gasteiger charge is 2.31. The molecule has 0 spiro atoms. The van der Waals surface area contributed by atoms with Gasteiger partial charge in [-0.1, -0.05) is 12.1 Å².